The number of hydrogen-bond acceptors (Lipinski definition) is 3. The van der Waals surface area contributed by atoms with Crippen LogP contribution in [0.25, 0.3) is 0 Å². The highest BCUT2D eigenvalue weighted by Gasteiger charge is 2.32. The highest BCUT2D eigenvalue weighted by Crippen LogP contribution is 2.33. The molecule has 1 atom stereocenters. The van der Waals surface area contributed by atoms with Crippen molar-refractivity contribution in [1.82, 2.24) is 9.97 Å². The van der Waals surface area contributed by atoms with Gasteiger partial charge < -0.3 is 10.7 Å². The Hall–Kier alpha value is -2.35. The van der Waals surface area contributed by atoms with E-state index in [1.165, 1.54) is 19.2 Å². The molecule has 2 aromatic heterocycles. The van der Waals surface area contributed by atoms with Gasteiger partial charge in [-0.15, -0.1) is 0 Å². The first-order chi connectivity index (χ1) is 10.6. The summed E-state index contributed by atoms with van der Waals surface area (Å²) in [5.74, 6) is -2.08. The van der Waals surface area contributed by atoms with E-state index in [0.29, 0.717) is 6.20 Å². The molecule has 0 aromatic carbocycles. The number of amides is 1. The van der Waals surface area contributed by atoms with Crippen LogP contribution in [-0.2, 0) is 6.18 Å². The van der Waals surface area contributed by atoms with Gasteiger partial charge in [0, 0.05) is 18.0 Å². The molecular formula is C14H11ClF3N3O2. The zero-order valence-electron chi connectivity index (χ0n) is 11.7. The largest absolute Gasteiger partial charge is 0.417 e. The van der Waals surface area contributed by atoms with Gasteiger partial charge in [0.25, 0.3) is 5.91 Å². The van der Waals surface area contributed by atoms with Crippen LogP contribution in [0.5, 0.6) is 0 Å². The predicted octanol–water partition coefficient (Wildman–Crippen LogP) is 3.17. The molecular weight excluding hydrogens is 335 g/mol. The Morgan fingerprint density at radius 2 is 2.00 bits per heavy atom. The molecule has 2 heterocycles. The van der Waals surface area contributed by atoms with Gasteiger partial charge in [0.05, 0.1) is 22.2 Å². The lowest BCUT2D eigenvalue weighted by molar-refractivity contribution is -0.137. The molecule has 0 bridgehead atoms. The number of carbonyl (C=O) groups is 2. The summed E-state index contributed by atoms with van der Waals surface area (Å²) < 4.78 is 37.8. The topological polar surface area (TPSA) is 88.8 Å². The third-order valence-corrected chi connectivity index (χ3v) is 3.54. The van der Waals surface area contributed by atoms with Crippen molar-refractivity contribution in [2.24, 2.45) is 5.73 Å². The molecule has 0 unspecified atom stereocenters. The van der Waals surface area contributed by atoms with E-state index in [0.717, 1.165) is 6.07 Å². The number of carbonyl (C=O) groups excluding carboxylic acids is 2. The van der Waals surface area contributed by atoms with E-state index in [1.54, 1.807) is 0 Å². The number of Topliss-reactive ketones (excluding diaryl/α,β-unsaturated/α-hetero) is 1. The number of H-pyrrole nitrogens is 1. The molecule has 0 radical (unpaired) electrons. The molecule has 0 aliphatic rings. The summed E-state index contributed by atoms with van der Waals surface area (Å²) >= 11 is 5.82. The summed E-state index contributed by atoms with van der Waals surface area (Å²) in [5, 5.41) is -0.258. The number of aromatic nitrogens is 2. The van der Waals surface area contributed by atoms with Gasteiger partial charge in [-0.05, 0) is 19.1 Å². The highest BCUT2D eigenvalue weighted by molar-refractivity contribution is 6.31. The lowest BCUT2D eigenvalue weighted by Gasteiger charge is -2.13. The summed E-state index contributed by atoms with van der Waals surface area (Å²) in [6, 6.07) is 1.98. The van der Waals surface area contributed by atoms with Gasteiger partial charge >= 0.3 is 6.18 Å². The highest BCUT2D eigenvalue weighted by atomic mass is 35.5. The molecule has 122 valence electrons. The molecule has 23 heavy (non-hydrogen) atoms. The zero-order chi connectivity index (χ0) is 17.4. The molecule has 0 aliphatic heterocycles. The van der Waals surface area contributed by atoms with Gasteiger partial charge in [0.1, 0.15) is 5.69 Å². The number of rotatable bonds is 4. The van der Waals surface area contributed by atoms with Crippen molar-refractivity contribution in [3.8, 4) is 0 Å². The van der Waals surface area contributed by atoms with E-state index >= 15 is 0 Å². The van der Waals surface area contributed by atoms with Crippen molar-refractivity contribution >= 4 is 23.3 Å². The fourth-order valence-corrected chi connectivity index (χ4v) is 2.31. The van der Waals surface area contributed by atoms with E-state index in [9.17, 15) is 22.8 Å². The fraction of sp³-hybridized carbons (Fsp3) is 0.214. The smallest absolute Gasteiger partial charge is 0.364 e. The van der Waals surface area contributed by atoms with Crippen LogP contribution >= 0.6 is 11.6 Å². The van der Waals surface area contributed by atoms with Gasteiger partial charge in [-0.1, -0.05) is 11.6 Å². The minimum absolute atomic E-state index is 0.0199. The maximum absolute atomic E-state index is 12.6. The number of pyridine rings is 1. The number of nitrogens with zero attached hydrogens (tertiary/aromatic N) is 1. The average Bonchev–Trinajstić information content (AvgIpc) is 2.94. The second-order valence-corrected chi connectivity index (χ2v) is 5.25. The number of nitrogens with two attached hydrogens (primary N) is 1. The number of nitrogens with one attached hydrogen (secondary N) is 1. The Bertz CT molecular complexity index is 771. The number of aromatic amines is 1. The summed E-state index contributed by atoms with van der Waals surface area (Å²) in [7, 11) is 0. The van der Waals surface area contributed by atoms with Crippen LogP contribution in [-0.4, -0.2) is 21.7 Å². The van der Waals surface area contributed by atoms with Gasteiger partial charge in [0.15, 0.2) is 5.78 Å². The average molecular weight is 346 g/mol. The Kier molecular flexibility index (Phi) is 4.46. The van der Waals surface area contributed by atoms with E-state index < -0.39 is 29.3 Å². The van der Waals surface area contributed by atoms with Crippen LogP contribution in [0.3, 0.4) is 0 Å². The number of halogens is 4. The van der Waals surface area contributed by atoms with Crippen LogP contribution < -0.4 is 5.73 Å². The fourth-order valence-electron chi connectivity index (χ4n) is 1.98. The lowest BCUT2D eigenvalue weighted by atomic mass is 9.97. The molecule has 0 aliphatic carbocycles. The van der Waals surface area contributed by atoms with Gasteiger partial charge in [-0.25, -0.2) is 0 Å². The van der Waals surface area contributed by atoms with Crippen molar-refractivity contribution in [2.75, 3.05) is 0 Å². The Labute approximate surface area is 133 Å². The molecule has 0 saturated carbocycles. The van der Waals surface area contributed by atoms with Crippen LogP contribution in [0.2, 0.25) is 5.02 Å². The van der Waals surface area contributed by atoms with Gasteiger partial charge in [0.2, 0.25) is 0 Å². The number of alkyl halides is 3. The van der Waals surface area contributed by atoms with Gasteiger partial charge in [-0.3, -0.25) is 14.6 Å². The maximum Gasteiger partial charge on any atom is 0.417 e. The summed E-state index contributed by atoms with van der Waals surface area (Å²) in [6.07, 6.45) is -2.66. The van der Waals surface area contributed by atoms with Crippen LogP contribution in [0.1, 0.15) is 44.9 Å². The van der Waals surface area contributed by atoms with E-state index in [4.69, 9.17) is 17.3 Å². The van der Waals surface area contributed by atoms with Crippen molar-refractivity contribution in [1.29, 1.82) is 0 Å². The van der Waals surface area contributed by atoms with E-state index in [2.05, 4.69) is 9.97 Å². The quantitative estimate of drug-likeness (QED) is 0.834. The van der Waals surface area contributed by atoms with Crippen molar-refractivity contribution < 1.29 is 22.8 Å². The number of ketones is 1. The number of hydrogen-bond donors (Lipinski definition) is 2. The Morgan fingerprint density at radius 1 is 1.35 bits per heavy atom. The van der Waals surface area contributed by atoms with Crippen molar-refractivity contribution in [3.05, 3.63) is 52.1 Å². The minimum atomic E-state index is -4.57. The second-order valence-electron chi connectivity index (χ2n) is 4.84. The van der Waals surface area contributed by atoms with Crippen molar-refractivity contribution in [3.63, 3.8) is 0 Å². The zero-order valence-corrected chi connectivity index (χ0v) is 12.5. The van der Waals surface area contributed by atoms with Crippen LogP contribution in [0.15, 0.2) is 24.5 Å². The molecule has 2 rings (SSSR count). The molecule has 9 heteroatoms. The summed E-state index contributed by atoms with van der Waals surface area (Å²) in [6.45, 7) is 1.46. The Balaban J connectivity index is 2.30. The molecule has 0 fully saturated rings. The number of primary amides is 1. The first-order valence-electron chi connectivity index (χ1n) is 6.36. The molecule has 0 spiro atoms. The third-order valence-electron chi connectivity index (χ3n) is 3.23. The second kappa shape index (κ2) is 6.04. The van der Waals surface area contributed by atoms with Crippen LogP contribution in [0.4, 0.5) is 13.2 Å². The normalized spacial score (nSPS) is 12.9. The predicted molar refractivity (Wildman–Crippen MR) is 76.3 cm³/mol. The van der Waals surface area contributed by atoms with Crippen molar-refractivity contribution in [2.45, 2.75) is 19.0 Å². The molecule has 3 N–H and O–H groups in total. The Morgan fingerprint density at radius 3 is 2.48 bits per heavy atom. The SMILES string of the molecule is C[C@H](C(=O)c1c[nH]c(C(N)=O)c1)c1ncc(C(F)(F)F)cc1Cl. The first-order valence-corrected chi connectivity index (χ1v) is 6.74. The van der Waals surface area contributed by atoms with E-state index in [-0.39, 0.29) is 22.0 Å². The monoisotopic (exact) mass is 345 g/mol. The molecule has 2 aromatic rings. The van der Waals surface area contributed by atoms with Gasteiger partial charge in [-0.2, -0.15) is 13.2 Å². The summed E-state index contributed by atoms with van der Waals surface area (Å²) in [4.78, 5) is 29.5. The van der Waals surface area contributed by atoms with E-state index in [1.807, 2.05) is 0 Å². The molecule has 0 saturated heterocycles. The molecule has 5 nitrogen and oxygen atoms in total. The maximum atomic E-state index is 12.6. The first kappa shape index (κ1) is 17.0. The summed E-state index contributed by atoms with van der Waals surface area (Å²) in [5.41, 5.74) is 4.30. The third kappa shape index (κ3) is 3.53. The lowest BCUT2D eigenvalue weighted by Crippen LogP contribution is -2.13. The minimum Gasteiger partial charge on any atom is -0.364 e. The van der Waals surface area contributed by atoms with Crippen LogP contribution in [0, 0.1) is 0 Å². The standard InChI is InChI=1S/C14H11ClF3N3O2/c1-6(12(22)7-2-10(13(19)23)20-4-7)11-9(15)3-8(5-21-11)14(16,17)18/h2-6,20H,1H3,(H2,19,23)/t6-/m0/s1. The molecule has 1 amide bonds.